The number of hydrogen-bond acceptors (Lipinski definition) is 6. The molecule has 0 bridgehead atoms. The van der Waals surface area contributed by atoms with Crippen molar-refractivity contribution in [2.45, 2.75) is 23.6 Å². The van der Waals surface area contributed by atoms with E-state index in [1.54, 1.807) is 13.0 Å². The second kappa shape index (κ2) is 5.19. The van der Waals surface area contributed by atoms with Gasteiger partial charge in [0.15, 0.2) is 0 Å². The number of rotatable bonds is 4. The molecule has 0 aliphatic heterocycles. The largest absolute Gasteiger partial charge is 0.439 e. The van der Waals surface area contributed by atoms with E-state index in [0.29, 0.717) is 15.7 Å². The SMILES string of the molecule is Cc1coc(Sc2ccc([N+](=O)[O-])cc2CO)n1. The zero-order valence-corrected chi connectivity index (χ0v) is 10.3. The Bertz CT molecular complexity index is 582. The molecule has 0 spiro atoms. The first kappa shape index (κ1) is 12.6. The number of aromatic nitrogens is 1. The van der Waals surface area contributed by atoms with Crippen molar-refractivity contribution in [3.8, 4) is 0 Å². The van der Waals surface area contributed by atoms with Crippen LogP contribution in [0.15, 0.2) is 39.0 Å². The number of nitro groups is 1. The van der Waals surface area contributed by atoms with Gasteiger partial charge in [0.25, 0.3) is 10.9 Å². The fourth-order valence-corrected chi connectivity index (χ4v) is 2.24. The number of oxazole rings is 1. The predicted molar refractivity (Wildman–Crippen MR) is 64.4 cm³/mol. The lowest BCUT2D eigenvalue weighted by Gasteiger charge is -2.04. The summed E-state index contributed by atoms with van der Waals surface area (Å²) in [5.41, 5.74) is 1.18. The summed E-state index contributed by atoms with van der Waals surface area (Å²) in [6.45, 7) is 1.53. The van der Waals surface area contributed by atoms with Crippen LogP contribution in [0.2, 0.25) is 0 Å². The van der Waals surface area contributed by atoms with Crippen LogP contribution in [0.5, 0.6) is 0 Å². The lowest BCUT2D eigenvalue weighted by atomic mass is 10.2. The molecule has 1 N–H and O–H groups in total. The van der Waals surface area contributed by atoms with E-state index in [1.165, 1.54) is 30.2 Å². The Labute approximate surface area is 107 Å². The Morgan fingerprint density at radius 1 is 1.56 bits per heavy atom. The predicted octanol–water partition coefficient (Wildman–Crippen LogP) is 2.53. The fraction of sp³-hybridized carbons (Fsp3) is 0.182. The summed E-state index contributed by atoms with van der Waals surface area (Å²) in [4.78, 5) is 14.9. The van der Waals surface area contributed by atoms with E-state index in [9.17, 15) is 15.2 Å². The average Bonchev–Trinajstić information content (AvgIpc) is 2.75. The van der Waals surface area contributed by atoms with Gasteiger partial charge < -0.3 is 9.52 Å². The Morgan fingerprint density at radius 2 is 2.33 bits per heavy atom. The Hall–Kier alpha value is -1.86. The van der Waals surface area contributed by atoms with Crippen molar-refractivity contribution in [2.24, 2.45) is 0 Å². The summed E-state index contributed by atoms with van der Waals surface area (Å²) < 4.78 is 5.18. The normalized spacial score (nSPS) is 10.6. The van der Waals surface area contributed by atoms with E-state index >= 15 is 0 Å². The molecule has 0 saturated carbocycles. The van der Waals surface area contributed by atoms with Crippen LogP contribution in [-0.2, 0) is 6.61 Å². The van der Waals surface area contributed by atoms with Crippen LogP contribution in [-0.4, -0.2) is 15.0 Å². The number of aliphatic hydroxyl groups excluding tert-OH is 1. The minimum atomic E-state index is -0.497. The van der Waals surface area contributed by atoms with Gasteiger partial charge in [0.05, 0.1) is 17.2 Å². The third-order valence-corrected chi connectivity index (χ3v) is 3.20. The van der Waals surface area contributed by atoms with Gasteiger partial charge in [0, 0.05) is 17.0 Å². The molecule has 1 heterocycles. The molecule has 1 aromatic carbocycles. The summed E-state index contributed by atoms with van der Waals surface area (Å²) in [6, 6.07) is 4.31. The van der Waals surface area contributed by atoms with E-state index in [-0.39, 0.29) is 12.3 Å². The number of aryl methyl sites for hydroxylation is 1. The standard InChI is InChI=1S/C11H10N2O4S/c1-7-6-17-11(12-7)18-10-3-2-9(13(15)16)4-8(10)5-14/h2-4,6,14H,5H2,1H3. The maximum atomic E-state index is 10.6. The summed E-state index contributed by atoms with van der Waals surface area (Å²) in [5, 5.41) is 20.3. The van der Waals surface area contributed by atoms with Crippen LogP contribution in [0, 0.1) is 17.0 Å². The first-order chi connectivity index (χ1) is 8.60. The number of aliphatic hydroxyl groups is 1. The van der Waals surface area contributed by atoms with Crippen molar-refractivity contribution in [3.63, 3.8) is 0 Å². The highest BCUT2D eigenvalue weighted by atomic mass is 32.2. The van der Waals surface area contributed by atoms with Crippen molar-refractivity contribution in [1.82, 2.24) is 4.98 Å². The van der Waals surface area contributed by atoms with Gasteiger partial charge in [0.2, 0.25) is 0 Å². The Kier molecular flexibility index (Phi) is 3.63. The van der Waals surface area contributed by atoms with Gasteiger partial charge >= 0.3 is 0 Å². The average molecular weight is 266 g/mol. The monoisotopic (exact) mass is 266 g/mol. The number of nitro benzene ring substituents is 1. The van der Waals surface area contributed by atoms with Gasteiger partial charge in [-0.25, -0.2) is 4.98 Å². The molecule has 0 saturated heterocycles. The van der Waals surface area contributed by atoms with E-state index < -0.39 is 4.92 Å². The number of benzene rings is 1. The quantitative estimate of drug-likeness (QED) is 0.675. The van der Waals surface area contributed by atoms with Crippen LogP contribution >= 0.6 is 11.8 Å². The highest BCUT2D eigenvalue weighted by Gasteiger charge is 2.13. The number of non-ortho nitro benzene ring substituents is 1. The third kappa shape index (κ3) is 2.69. The molecule has 0 unspecified atom stereocenters. The van der Waals surface area contributed by atoms with Crippen molar-refractivity contribution in [2.75, 3.05) is 0 Å². The molecular weight excluding hydrogens is 256 g/mol. The zero-order valence-electron chi connectivity index (χ0n) is 9.49. The molecule has 94 valence electrons. The first-order valence-corrected chi connectivity index (χ1v) is 5.90. The molecule has 2 aromatic rings. The smallest absolute Gasteiger partial charge is 0.269 e. The molecule has 0 aliphatic rings. The molecular formula is C11H10N2O4S. The maximum absolute atomic E-state index is 10.6. The Balaban J connectivity index is 2.30. The second-order valence-corrected chi connectivity index (χ2v) is 4.56. The first-order valence-electron chi connectivity index (χ1n) is 5.08. The molecule has 0 amide bonds. The summed E-state index contributed by atoms with van der Waals surface area (Å²) in [5.74, 6) is 0. The minimum Gasteiger partial charge on any atom is -0.439 e. The fourth-order valence-electron chi connectivity index (χ4n) is 1.38. The molecule has 0 radical (unpaired) electrons. The van der Waals surface area contributed by atoms with Crippen molar-refractivity contribution < 1.29 is 14.4 Å². The van der Waals surface area contributed by atoms with E-state index in [0.717, 1.165) is 5.69 Å². The van der Waals surface area contributed by atoms with Crippen LogP contribution < -0.4 is 0 Å². The Morgan fingerprint density at radius 3 is 2.89 bits per heavy atom. The van der Waals surface area contributed by atoms with Gasteiger partial charge in [-0.2, -0.15) is 0 Å². The minimum absolute atomic E-state index is 0.0491. The van der Waals surface area contributed by atoms with Gasteiger partial charge in [-0.1, -0.05) is 0 Å². The summed E-state index contributed by atoms with van der Waals surface area (Å²) >= 11 is 1.22. The molecule has 7 heteroatoms. The van der Waals surface area contributed by atoms with E-state index in [4.69, 9.17) is 4.42 Å². The molecule has 2 rings (SSSR count). The molecule has 0 aliphatic carbocycles. The lowest BCUT2D eigenvalue weighted by Crippen LogP contribution is -1.93. The third-order valence-electron chi connectivity index (χ3n) is 2.22. The van der Waals surface area contributed by atoms with Gasteiger partial charge in [0.1, 0.15) is 6.26 Å². The molecule has 6 nitrogen and oxygen atoms in total. The highest BCUT2D eigenvalue weighted by Crippen LogP contribution is 2.32. The zero-order chi connectivity index (χ0) is 13.1. The van der Waals surface area contributed by atoms with Gasteiger partial charge in [-0.15, -0.1) is 0 Å². The molecule has 0 fully saturated rings. The number of nitrogens with zero attached hydrogens (tertiary/aromatic N) is 2. The second-order valence-electron chi connectivity index (χ2n) is 3.56. The topological polar surface area (TPSA) is 89.4 Å². The van der Waals surface area contributed by atoms with Gasteiger partial charge in [-0.05, 0) is 30.3 Å². The van der Waals surface area contributed by atoms with Crippen molar-refractivity contribution >= 4 is 17.4 Å². The van der Waals surface area contributed by atoms with Crippen LogP contribution in [0.4, 0.5) is 5.69 Å². The van der Waals surface area contributed by atoms with Crippen LogP contribution in [0.1, 0.15) is 11.3 Å². The van der Waals surface area contributed by atoms with Crippen LogP contribution in [0.25, 0.3) is 0 Å². The van der Waals surface area contributed by atoms with E-state index in [2.05, 4.69) is 4.98 Å². The van der Waals surface area contributed by atoms with E-state index in [1.807, 2.05) is 0 Å². The lowest BCUT2D eigenvalue weighted by molar-refractivity contribution is -0.385. The highest BCUT2D eigenvalue weighted by molar-refractivity contribution is 7.99. The van der Waals surface area contributed by atoms with Crippen LogP contribution in [0.3, 0.4) is 0 Å². The number of hydrogen-bond donors (Lipinski definition) is 1. The molecule has 1 aromatic heterocycles. The van der Waals surface area contributed by atoms with Gasteiger partial charge in [-0.3, -0.25) is 10.1 Å². The summed E-state index contributed by atoms with van der Waals surface area (Å²) in [6.07, 6.45) is 1.52. The molecule has 0 atom stereocenters. The maximum Gasteiger partial charge on any atom is 0.269 e. The molecule has 18 heavy (non-hydrogen) atoms. The summed E-state index contributed by atoms with van der Waals surface area (Å²) in [7, 11) is 0. The van der Waals surface area contributed by atoms with Crippen molar-refractivity contribution in [1.29, 1.82) is 0 Å². The van der Waals surface area contributed by atoms with Crippen molar-refractivity contribution in [3.05, 3.63) is 45.8 Å².